The Bertz CT molecular complexity index is 819. The van der Waals surface area contributed by atoms with Gasteiger partial charge in [0.05, 0.1) is 39.0 Å². The standard InChI is InChI=1S/C21H22Cl2FNO4/c22-16-2-5-18(6-3-16)28-9-7-21(26)25-8-10-29-19(12-25)14-27-13-15-1-4-17(24)11-20(15)23/h1-6,11,19H,7-10,12-14H2. The van der Waals surface area contributed by atoms with Crippen LogP contribution in [0.5, 0.6) is 5.75 Å². The van der Waals surface area contributed by atoms with E-state index >= 15 is 0 Å². The van der Waals surface area contributed by atoms with Crippen molar-refractivity contribution in [1.82, 2.24) is 4.90 Å². The number of amides is 1. The van der Waals surface area contributed by atoms with E-state index in [2.05, 4.69) is 0 Å². The van der Waals surface area contributed by atoms with Gasteiger partial charge >= 0.3 is 0 Å². The molecule has 0 bridgehead atoms. The van der Waals surface area contributed by atoms with E-state index in [9.17, 15) is 9.18 Å². The van der Waals surface area contributed by atoms with Gasteiger partial charge in [0.25, 0.3) is 0 Å². The van der Waals surface area contributed by atoms with E-state index in [0.717, 1.165) is 0 Å². The molecule has 1 amide bonds. The molecule has 2 aromatic rings. The van der Waals surface area contributed by atoms with Gasteiger partial charge in [-0.25, -0.2) is 4.39 Å². The third-order valence-corrected chi connectivity index (χ3v) is 5.07. The van der Waals surface area contributed by atoms with Crippen molar-refractivity contribution in [2.75, 3.05) is 32.9 Å². The summed E-state index contributed by atoms with van der Waals surface area (Å²) in [5.74, 6) is 0.298. The van der Waals surface area contributed by atoms with Gasteiger partial charge in [0, 0.05) is 23.1 Å². The van der Waals surface area contributed by atoms with E-state index in [0.29, 0.717) is 54.3 Å². The number of hydrogen-bond acceptors (Lipinski definition) is 4. The van der Waals surface area contributed by atoms with Gasteiger partial charge in [-0.05, 0) is 42.0 Å². The van der Waals surface area contributed by atoms with Crippen LogP contribution in [0.1, 0.15) is 12.0 Å². The molecule has 29 heavy (non-hydrogen) atoms. The molecule has 2 aromatic carbocycles. The Morgan fingerprint density at radius 2 is 2.00 bits per heavy atom. The smallest absolute Gasteiger partial charge is 0.226 e. The van der Waals surface area contributed by atoms with Crippen molar-refractivity contribution in [1.29, 1.82) is 0 Å². The Morgan fingerprint density at radius 3 is 2.76 bits per heavy atom. The molecular formula is C21H22Cl2FNO4. The van der Waals surface area contributed by atoms with E-state index in [1.165, 1.54) is 12.1 Å². The summed E-state index contributed by atoms with van der Waals surface area (Å²) in [6.07, 6.45) is 0.0607. The molecule has 0 radical (unpaired) electrons. The van der Waals surface area contributed by atoms with Crippen LogP contribution in [0.3, 0.4) is 0 Å². The molecule has 3 rings (SSSR count). The number of carbonyl (C=O) groups is 1. The van der Waals surface area contributed by atoms with E-state index in [1.807, 2.05) is 0 Å². The van der Waals surface area contributed by atoms with Gasteiger partial charge in [0.1, 0.15) is 11.6 Å². The summed E-state index contributed by atoms with van der Waals surface area (Å²) in [5, 5.41) is 0.962. The molecule has 8 heteroatoms. The van der Waals surface area contributed by atoms with Crippen molar-refractivity contribution in [3.8, 4) is 5.75 Å². The second-order valence-electron chi connectivity index (χ2n) is 6.64. The average molecular weight is 442 g/mol. The molecule has 0 N–H and O–H groups in total. The highest BCUT2D eigenvalue weighted by atomic mass is 35.5. The third-order valence-electron chi connectivity index (χ3n) is 4.47. The lowest BCUT2D eigenvalue weighted by atomic mass is 10.2. The number of nitrogens with zero attached hydrogens (tertiary/aromatic N) is 1. The van der Waals surface area contributed by atoms with E-state index in [-0.39, 0.29) is 30.9 Å². The molecule has 0 aliphatic carbocycles. The number of halogens is 3. The number of benzene rings is 2. The van der Waals surface area contributed by atoms with Crippen molar-refractivity contribution < 1.29 is 23.4 Å². The zero-order valence-electron chi connectivity index (χ0n) is 15.8. The molecule has 1 aliphatic rings. The average Bonchev–Trinajstić information content (AvgIpc) is 2.71. The van der Waals surface area contributed by atoms with Crippen LogP contribution in [-0.4, -0.2) is 49.8 Å². The predicted octanol–water partition coefficient (Wildman–Crippen LogP) is 4.35. The van der Waals surface area contributed by atoms with Gasteiger partial charge < -0.3 is 19.1 Å². The van der Waals surface area contributed by atoms with E-state index in [1.54, 1.807) is 35.2 Å². The first kappa shape index (κ1) is 21.8. The normalized spacial score (nSPS) is 16.7. The monoisotopic (exact) mass is 441 g/mol. The van der Waals surface area contributed by atoms with Crippen molar-refractivity contribution in [3.63, 3.8) is 0 Å². The third kappa shape index (κ3) is 6.85. The zero-order valence-corrected chi connectivity index (χ0v) is 17.3. The first-order chi connectivity index (χ1) is 14.0. The molecule has 5 nitrogen and oxygen atoms in total. The van der Waals surface area contributed by atoms with Gasteiger partial charge in [-0.3, -0.25) is 4.79 Å². The highest BCUT2D eigenvalue weighted by Crippen LogP contribution is 2.19. The highest BCUT2D eigenvalue weighted by Gasteiger charge is 2.24. The molecule has 0 spiro atoms. The van der Waals surface area contributed by atoms with Gasteiger partial charge in [0.2, 0.25) is 5.91 Å². The molecular weight excluding hydrogens is 420 g/mol. The maximum Gasteiger partial charge on any atom is 0.226 e. The number of ether oxygens (including phenoxy) is 3. The summed E-state index contributed by atoms with van der Waals surface area (Å²) in [5.41, 5.74) is 0.705. The van der Waals surface area contributed by atoms with Crippen LogP contribution in [0.2, 0.25) is 10.0 Å². The van der Waals surface area contributed by atoms with E-state index < -0.39 is 0 Å². The lowest BCUT2D eigenvalue weighted by molar-refractivity contribution is -0.142. The van der Waals surface area contributed by atoms with Crippen molar-refractivity contribution in [3.05, 3.63) is 63.9 Å². The number of carbonyl (C=O) groups excluding carboxylic acids is 1. The molecule has 0 aromatic heterocycles. The second-order valence-corrected chi connectivity index (χ2v) is 7.48. The van der Waals surface area contributed by atoms with Gasteiger partial charge in [0.15, 0.2) is 0 Å². The topological polar surface area (TPSA) is 48.0 Å². The van der Waals surface area contributed by atoms with Crippen molar-refractivity contribution in [2.24, 2.45) is 0 Å². The fraction of sp³-hybridized carbons (Fsp3) is 0.381. The minimum atomic E-state index is -0.386. The molecule has 156 valence electrons. The summed E-state index contributed by atoms with van der Waals surface area (Å²) in [4.78, 5) is 14.2. The quantitative estimate of drug-likeness (QED) is 0.610. The number of hydrogen-bond donors (Lipinski definition) is 0. The maximum atomic E-state index is 13.1. The fourth-order valence-electron chi connectivity index (χ4n) is 2.93. The minimum Gasteiger partial charge on any atom is -0.493 e. The van der Waals surface area contributed by atoms with Crippen molar-refractivity contribution >= 4 is 29.1 Å². The SMILES string of the molecule is O=C(CCOc1ccc(Cl)cc1)N1CCOC(COCc2ccc(F)cc2Cl)C1. The van der Waals surface area contributed by atoms with Crippen LogP contribution >= 0.6 is 23.2 Å². The summed E-state index contributed by atoms with van der Waals surface area (Å²) < 4.78 is 30.0. The summed E-state index contributed by atoms with van der Waals surface area (Å²) in [7, 11) is 0. The Balaban J connectivity index is 1.38. The number of morpholine rings is 1. The van der Waals surface area contributed by atoms with Gasteiger partial charge in [-0.15, -0.1) is 0 Å². The molecule has 1 atom stereocenters. The first-order valence-corrected chi connectivity index (χ1v) is 10.1. The Hall–Kier alpha value is -1.86. The Labute approximate surface area is 179 Å². The fourth-order valence-corrected chi connectivity index (χ4v) is 3.28. The Morgan fingerprint density at radius 1 is 1.21 bits per heavy atom. The predicted molar refractivity (Wildman–Crippen MR) is 109 cm³/mol. The molecule has 1 aliphatic heterocycles. The molecule has 1 unspecified atom stereocenters. The molecule has 1 heterocycles. The molecule has 1 fully saturated rings. The minimum absolute atomic E-state index is 0.00819. The summed E-state index contributed by atoms with van der Waals surface area (Å²) >= 11 is 11.8. The van der Waals surface area contributed by atoms with Gasteiger partial charge in [-0.2, -0.15) is 0 Å². The van der Waals surface area contributed by atoms with Crippen LogP contribution in [0.25, 0.3) is 0 Å². The van der Waals surface area contributed by atoms with Crippen LogP contribution in [0.4, 0.5) is 4.39 Å². The molecule has 0 saturated carbocycles. The summed E-state index contributed by atoms with van der Waals surface area (Å²) in [6, 6.07) is 11.2. The Kier molecular flexibility index (Phi) is 8.12. The lowest BCUT2D eigenvalue weighted by Crippen LogP contribution is -2.47. The first-order valence-electron chi connectivity index (χ1n) is 9.30. The van der Waals surface area contributed by atoms with Crippen LogP contribution in [0, 0.1) is 5.82 Å². The number of rotatable bonds is 8. The van der Waals surface area contributed by atoms with E-state index in [4.69, 9.17) is 37.4 Å². The maximum absolute atomic E-state index is 13.1. The molecule has 1 saturated heterocycles. The lowest BCUT2D eigenvalue weighted by Gasteiger charge is -2.33. The van der Waals surface area contributed by atoms with Crippen molar-refractivity contribution in [2.45, 2.75) is 19.1 Å². The highest BCUT2D eigenvalue weighted by molar-refractivity contribution is 6.31. The van der Waals surface area contributed by atoms with Crippen LogP contribution < -0.4 is 4.74 Å². The van der Waals surface area contributed by atoms with Crippen LogP contribution in [0.15, 0.2) is 42.5 Å². The zero-order chi connectivity index (χ0) is 20.6. The second kappa shape index (κ2) is 10.8. The van der Waals surface area contributed by atoms with Crippen LogP contribution in [-0.2, 0) is 20.9 Å². The largest absolute Gasteiger partial charge is 0.493 e. The van der Waals surface area contributed by atoms with Gasteiger partial charge in [-0.1, -0.05) is 29.3 Å². The summed E-state index contributed by atoms with van der Waals surface area (Å²) in [6.45, 7) is 2.31.